The highest BCUT2D eigenvalue weighted by atomic mass is 35.5. The largest absolute Gasteiger partial charge is 0.350 e. The maximum atomic E-state index is 13.0. The minimum Gasteiger partial charge on any atom is -0.350 e. The van der Waals surface area contributed by atoms with Crippen molar-refractivity contribution in [3.8, 4) is 0 Å². The summed E-state index contributed by atoms with van der Waals surface area (Å²) in [6.07, 6.45) is 0.763. The number of aryl methyl sites for hydroxylation is 1. The third kappa shape index (κ3) is 6.15. The predicted octanol–water partition coefficient (Wildman–Crippen LogP) is 5.23. The number of para-hydroxylation sites is 1. The summed E-state index contributed by atoms with van der Waals surface area (Å²) in [7, 11) is -4.05. The Bertz CT molecular complexity index is 1310. The number of hydrogen-bond donors (Lipinski definition) is 3. The summed E-state index contributed by atoms with van der Waals surface area (Å²) in [6, 6.07) is 17.4. The molecule has 0 aliphatic carbocycles. The molecule has 3 aromatic rings. The highest BCUT2D eigenvalue weighted by molar-refractivity contribution is 7.92. The average Bonchev–Trinajstić information content (AvgIpc) is 2.80. The summed E-state index contributed by atoms with van der Waals surface area (Å²) in [6.45, 7) is 5.74. The molecule has 0 aliphatic heterocycles. The molecule has 0 saturated carbocycles. The lowest BCUT2D eigenvalue weighted by molar-refractivity contribution is 0.0940. The number of benzene rings is 3. The Labute approximate surface area is 204 Å². The molecule has 178 valence electrons. The molecule has 0 aromatic heterocycles. The van der Waals surface area contributed by atoms with Crippen molar-refractivity contribution in [2.45, 2.75) is 38.1 Å². The van der Waals surface area contributed by atoms with Crippen molar-refractivity contribution in [3.05, 3.63) is 88.4 Å². The maximum absolute atomic E-state index is 13.0. The van der Waals surface area contributed by atoms with E-state index in [9.17, 15) is 18.0 Å². The first-order valence-corrected chi connectivity index (χ1v) is 12.6. The van der Waals surface area contributed by atoms with Crippen LogP contribution in [0, 0.1) is 6.92 Å². The van der Waals surface area contributed by atoms with Gasteiger partial charge in [-0.2, -0.15) is 0 Å². The lowest BCUT2D eigenvalue weighted by Crippen LogP contribution is -2.32. The molecule has 0 heterocycles. The van der Waals surface area contributed by atoms with Crippen LogP contribution in [0.1, 0.15) is 46.5 Å². The summed E-state index contributed by atoms with van der Waals surface area (Å²) in [4.78, 5) is 25.3. The van der Waals surface area contributed by atoms with Crippen molar-refractivity contribution in [1.82, 2.24) is 5.32 Å². The second kappa shape index (κ2) is 10.7. The number of anilines is 2. The number of nitrogens with one attached hydrogen (secondary N) is 3. The molecule has 7 nitrogen and oxygen atoms in total. The van der Waals surface area contributed by atoms with Crippen LogP contribution in [0.2, 0.25) is 5.02 Å². The van der Waals surface area contributed by atoms with Gasteiger partial charge in [0.15, 0.2) is 0 Å². The van der Waals surface area contributed by atoms with Crippen LogP contribution in [0.3, 0.4) is 0 Å². The Morgan fingerprint density at radius 3 is 2.32 bits per heavy atom. The Hall–Kier alpha value is -3.36. The van der Waals surface area contributed by atoms with Crippen molar-refractivity contribution in [2.75, 3.05) is 10.0 Å². The Kier molecular flexibility index (Phi) is 7.96. The first kappa shape index (κ1) is 25.3. The van der Waals surface area contributed by atoms with Gasteiger partial charge in [-0.25, -0.2) is 8.42 Å². The van der Waals surface area contributed by atoms with E-state index in [1.54, 1.807) is 48.5 Å². The van der Waals surface area contributed by atoms with Gasteiger partial charge in [0.05, 0.1) is 16.3 Å². The Morgan fingerprint density at radius 2 is 1.65 bits per heavy atom. The van der Waals surface area contributed by atoms with E-state index in [2.05, 4.69) is 15.4 Å². The summed E-state index contributed by atoms with van der Waals surface area (Å²) >= 11 is 6.16. The normalized spacial score (nSPS) is 12.0. The molecule has 0 fully saturated rings. The number of hydrogen-bond acceptors (Lipinski definition) is 4. The van der Waals surface area contributed by atoms with Gasteiger partial charge in [-0.15, -0.1) is 0 Å². The number of carbonyl (C=O) groups excluding carboxylic acids is 2. The van der Waals surface area contributed by atoms with E-state index >= 15 is 0 Å². The van der Waals surface area contributed by atoms with E-state index in [1.807, 2.05) is 20.8 Å². The van der Waals surface area contributed by atoms with E-state index < -0.39 is 15.9 Å². The molecule has 0 bridgehead atoms. The molecule has 0 spiro atoms. The number of rotatable bonds is 8. The van der Waals surface area contributed by atoms with Gasteiger partial charge in [0.1, 0.15) is 4.90 Å². The molecule has 0 radical (unpaired) electrons. The number of carbonyl (C=O) groups is 2. The van der Waals surface area contributed by atoms with Crippen LogP contribution in [0.15, 0.2) is 71.6 Å². The van der Waals surface area contributed by atoms with E-state index in [0.717, 1.165) is 12.0 Å². The Morgan fingerprint density at radius 1 is 0.971 bits per heavy atom. The summed E-state index contributed by atoms with van der Waals surface area (Å²) in [5, 5.41) is 5.54. The Balaban J connectivity index is 1.86. The molecule has 34 heavy (non-hydrogen) atoms. The molecule has 9 heteroatoms. The standard InChI is InChI=1S/C25H26ClN3O4S/c1-4-17(3)27-25(31)20-7-5-6-8-22(20)28-24(30)18-11-14-21(26)23(15-18)34(32,33)29-19-12-9-16(2)10-13-19/h5-15,17,29H,4H2,1-3H3,(H,27,31)(H,28,30)/t17-/m1/s1. The zero-order chi connectivity index (χ0) is 24.9. The molecule has 3 rings (SSSR count). The molecule has 3 N–H and O–H groups in total. The molecule has 1 atom stereocenters. The van der Waals surface area contributed by atoms with Gasteiger partial charge in [-0.3, -0.25) is 14.3 Å². The predicted molar refractivity (Wildman–Crippen MR) is 135 cm³/mol. The first-order valence-electron chi connectivity index (χ1n) is 10.7. The van der Waals surface area contributed by atoms with Crippen LogP contribution >= 0.6 is 11.6 Å². The number of sulfonamides is 1. The molecule has 2 amide bonds. The average molecular weight is 500 g/mol. The lowest BCUT2D eigenvalue weighted by atomic mass is 10.1. The highest BCUT2D eigenvalue weighted by Crippen LogP contribution is 2.26. The van der Waals surface area contributed by atoms with Crippen molar-refractivity contribution < 1.29 is 18.0 Å². The van der Waals surface area contributed by atoms with Crippen LogP contribution in [0.25, 0.3) is 0 Å². The fourth-order valence-corrected chi connectivity index (χ4v) is 4.66. The van der Waals surface area contributed by atoms with Gasteiger partial charge in [-0.1, -0.05) is 48.4 Å². The molecular weight excluding hydrogens is 474 g/mol. The third-order valence-electron chi connectivity index (χ3n) is 5.20. The molecule has 0 saturated heterocycles. The zero-order valence-corrected chi connectivity index (χ0v) is 20.6. The van der Waals surface area contributed by atoms with Gasteiger partial charge >= 0.3 is 0 Å². The van der Waals surface area contributed by atoms with Crippen molar-refractivity contribution >= 4 is 44.8 Å². The van der Waals surface area contributed by atoms with Crippen molar-refractivity contribution in [3.63, 3.8) is 0 Å². The summed E-state index contributed by atoms with van der Waals surface area (Å²) in [5.41, 5.74) is 2.05. The van der Waals surface area contributed by atoms with Crippen LogP contribution in [-0.4, -0.2) is 26.3 Å². The van der Waals surface area contributed by atoms with Crippen LogP contribution < -0.4 is 15.4 Å². The van der Waals surface area contributed by atoms with Gasteiger partial charge in [-0.05, 0) is 62.7 Å². The van der Waals surface area contributed by atoms with E-state index in [-0.39, 0.29) is 27.4 Å². The van der Waals surface area contributed by atoms with Crippen LogP contribution in [-0.2, 0) is 10.0 Å². The fourth-order valence-electron chi connectivity index (χ4n) is 3.07. The van der Waals surface area contributed by atoms with E-state index in [0.29, 0.717) is 16.9 Å². The topological polar surface area (TPSA) is 104 Å². The van der Waals surface area contributed by atoms with Crippen molar-refractivity contribution in [1.29, 1.82) is 0 Å². The maximum Gasteiger partial charge on any atom is 0.263 e. The molecular formula is C25H26ClN3O4S. The van der Waals surface area contributed by atoms with Crippen LogP contribution in [0.4, 0.5) is 11.4 Å². The summed E-state index contributed by atoms with van der Waals surface area (Å²) < 4.78 is 28.3. The first-order chi connectivity index (χ1) is 16.1. The van der Waals surface area contributed by atoms with Gasteiger partial charge < -0.3 is 10.6 Å². The number of halogens is 1. The minimum absolute atomic E-state index is 0.0236. The van der Waals surface area contributed by atoms with E-state index in [4.69, 9.17) is 11.6 Å². The molecule has 3 aromatic carbocycles. The minimum atomic E-state index is -4.05. The summed E-state index contributed by atoms with van der Waals surface area (Å²) in [5.74, 6) is -0.890. The van der Waals surface area contributed by atoms with Gasteiger partial charge in [0.2, 0.25) is 0 Å². The SMILES string of the molecule is CC[C@@H](C)NC(=O)c1ccccc1NC(=O)c1ccc(Cl)c(S(=O)(=O)Nc2ccc(C)cc2)c1. The lowest BCUT2D eigenvalue weighted by Gasteiger charge is -2.15. The highest BCUT2D eigenvalue weighted by Gasteiger charge is 2.21. The van der Waals surface area contributed by atoms with Gasteiger partial charge in [0, 0.05) is 17.3 Å². The smallest absolute Gasteiger partial charge is 0.263 e. The third-order valence-corrected chi connectivity index (χ3v) is 7.06. The van der Waals surface area contributed by atoms with E-state index in [1.165, 1.54) is 18.2 Å². The van der Waals surface area contributed by atoms with Crippen molar-refractivity contribution in [2.24, 2.45) is 0 Å². The monoisotopic (exact) mass is 499 g/mol. The number of amides is 2. The molecule has 0 unspecified atom stereocenters. The second-order valence-electron chi connectivity index (χ2n) is 7.90. The fraction of sp³-hybridized carbons (Fsp3) is 0.200. The quantitative estimate of drug-likeness (QED) is 0.394. The zero-order valence-electron chi connectivity index (χ0n) is 19.1. The molecule has 0 aliphatic rings. The van der Waals surface area contributed by atoms with Gasteiger partial charge in [0.25, 0.3) is 21.8 Å². The van der Waals surface area contributed by atoms with Crippen LogP contribution in [0.5, 0.6) is 0 Å². The second-order valence-corrected chi connectivity index (χ2v) is 9.96.